The Balaban J connectivity index is 3.34. The Morgan fingerprint density at radius 3 is 2.29 bits per heavy atom. The van der Waals surface area contributed by atoms with Crippen molar-refractivity contribution in [2.45, 2.75) is 6.10 Å². The molecule has 7 heavy (non-hydrogen) atoms. The first-order chi connectivity index (χ1) is 3.18. The summed E-state index contributed by atoms with van der Waals surface area (Å²) < 4.78 is 0. The van der Waals surface area contributed by atoms with Crippen LogP contribution < -0.4 is 5.73 Å². The SMILES string of the molecule is NC(=O)C([O])CO. The van der Waals surface area contributed by atoms with Crippen LogP contribution in [0.5, 0.6) is 0 Å². The Bertz CT molecular complexity index is 72.6. The summed E-state index contributed by atoms with van der Waals surface area (Å²) in [7, 11) is 0. The van der Waals surface area contributed by atoms with E-state index in [1.54, 1.807) is 0 Å². The van der Waals surface area contributed by atoms with Gasteiger partial charge in [0.1, 0.15) is 0 Å². The second kappa shape index (κ2) is 2.54. The largest absolute Gasteiger partial charge is 0.393 e. The molecule has 4 nitrogen and oxygen atoms in total. The number of primary amides is 1. The number of aliphatic hydroxyl groups is 1. The van der Waals surface area contributed by atoms with Gasteiger partial charge in [0.2, 0.25) is 0 Å². The molecule has 0 aromatic heterocycles. The molecule has 1 atom stereocenters. The summed E-state index contributed by atoms with van der Waals surface area (Å²) in [4.78, 5) is 9.68. The molecular weight excluding hydrogens is 98.0 g/mol. The fourth-order valence-corrected chi connectivity index (χ4v) is 0.0900. The molecule has 4 heteroatoms. The van der Waals surface area contributed by atoms with Crippen molar-refractivity contribution < 1.29 is 15.0 Å². The van der Waals surface area contributed by atoms with E-state index in [-0.39, 0.29) is 0 Å². The lowest BCUT2D eigenvalue weighted by Crippen LogP contribution is -2.29. The lowest BCUT2D eigenvalue weighted by Gasteiger charge is -1.93. The minimum absolute atomic E-state index is 0.713. The van der Waals surface area contributed by atoms with E-state index in [4.69, 9.17) is 5.11 Å². The molecule has 1 radical (unpaired) electrons. The normalized spacial score (nSPS) is 13.4. The van der Waals surface area contributed by atoms with Gasteiger partial charge in [-0.3, -0.25) is 4.79 Å². The van der Waals surface area contributed by atoms with Crippen molar-refractivity contribution in [2.24, 2.45) is 5.73 Å². The van der Waals surface area contributed by atoms with Gasteiger partial charge in [0.25, 0.3) is 5.91 Å². The van der Waals surface area contributed by atoms with E-state index in [0.717, 1.165) is 0 Å². The Labute approximate surface area is 40.6 Å². The Morgan fingerprint density at radius 2 is 2.29 bits per heavy atom. The first-order valence-electron chi connectivity index (χ1n) is 1.74. The first-order valence-corrected chi connectivity index (χ1v) is 1.74. The number of nitrogens with two attached hydrogens (primary N) is 1. The number of hydrogen-bond acceptors (Lipinski definition) is 2. The van der Waals surface area contributed by atoms with Crippen molar-refractivity contribution >= 4 is 5.91 Å². The topological polar surface area (TPSA) is 83.2 Å². The molecule has 3 N–H and O–H groups in total. The van der Waals surface area contributed by atoms with Crippen molar-refractivity contribution in [3.63, 3.8) is 0 Å². The monoisotopic (exact) mass is 104 g/mol. The maximum atomic E-state index is 9.87. The minimum atomic E-state index is -1.65. The summed E-state index contributed by atoms with van der Waals surface area (Å²) >= 11 is 0. The smallest absolute Gasteiger partial charge is 0.252 e. The summed E-state index contributed by atoms with van der Waals surface area (Å²) in [6.07, 6.45) is -1.65. The molecule has 0 heterocycles. The molecule has 0 saturated heterocycles. The molecular formula is C3H6NO3. The predicted octanol–water partition coefficient (Wildman–Crippen LogP) is -1.74. The van der Waals surface area contributed by atoms with Gasteiger partial charge < -0.3 is 10.8 Å². The maximum Gasteiger partial charge on any atom is 0.252 e. The highest BCUT2D eigenvalue weighted by Crippen LogP contribution is 1.74. The average molecular weight is 104 g/mol. The quantitative estimate of drug-likeness (QED) is 0.436. The van der Waals surface area contributed by atoms with Gasteiger partial charge in [-0.15, -0.1) is 0 Å². The number of carbonyl (C=O) groups is 1. The van der Waals surface area contributed by atoms with Crippen LogP contribution in [0.25, 0.3) is 0 Å². The van der Waals surface area contributed by atoms with Crippen LogP contribution in [-0.4, -0.2) is 23.7 Å². The second-order valence-electron chi connectivity index (χ2n) is 1.07. The third-order valence-electron chi connectivity index (χ3n) is 0.483. The van der Waals surface area contributed by atoms with E-state index < -0.39 is 18.6 Å². The molecule has 0 aliphatic heterocycles. The van der Waals surface area contributed by atoms with Crippen LogP contribution in [-0.2, 0) is 9.90 Å². The summed E-state index contributed by atoms with van der Waals surface area (Å²) in [5.41, 5.74) is 4.44. The van der Waals surface area contributed by atoms with Crippen LogP contribution in [0, 0.1) is 0 Å². The van der Waals surface area contributed by atoms with Gasteiger partial charge in [0.15, 0.2) is 6.10 Å². The lowest BCUT2D eigenvalue weighted by molar-refractivity contribution is -0.131. The summed E-state index contributed by atoms with van der Waals surface area (Å²) in [5, 5.41) is 17.8. The van der Waals surface area contributed by atoms with Crippen LogP contribution in [0.3, 0.4) is 0 Å². The number of aliphatic hydroxyl groups excluding tert-OH is 1. The van der Waals surface area contributed by atoms with Crippen molar-refractivity contribution in [1.82, 2.24) is 0 Å². The zero-order chi connectivity index (χ0) is 5.86. The van der Waals surface area contributed by atoms with E-state index in [1.807, 2.05) is 0 Å². The van der Waals surface area contributed by atoms with Gasteiger partial charge in [-0.25, -0.2) is 5.11 Å². The fourth-order valence-electron chi connectivity index (χ4n) is 0.0900. The summed E-state index contributed by atoms with van der Waals surface area (Å²) in [6, 6.07) is 0. The number of hydrogen-bond donors (Lipinski definition) is 2. The molecule has 0 spiro atoms. The molecule has 0 aromatic rings. The zero-order valence-electron chi connectivity index (χ0n) is 3.63. The third-order valence-corrected chi connectivity index (χ3v) is 0.483. The molecule has 0 fully saturated rings. The number of carbonyl (C=O) groups excluding carboxylic acids is 1. The van der Waals surface area contributed by atoms with Crippen LogP contribution in [0.4, 0.5) is 0 Å². The predicted molar refractivity (Wildman–Crippen MR) is 20.8 cm³/mol. The van der Waals surface area contributed by atoms with Gasteiger partial charge in [0, 0.05) is 0 Å². The molecule has 0 bridgehead atoms. The van der Waals surface area contributed by atoms with E-state index in [0.29, 0.717) is 0 Å². The van der Waals surface area contributed by atoms with E-state index in [1.165, 1.54) is 0 Å². The molecule has 0 saturated carbocycles. The highest BCUT2D eigenvalue weighted by Gasteiger charge is 2.08. The Morgan fingerprint density at radius 1 is 1.86 bits per heavy atom. The second-order valence-corrected chi connectivity index (χ2v) is 1.07. The highest BCUT2D eigenvalue weighted by atomic mass is 16.3. The highest BCUT2D eigenvalue weighted by molar-refractivity contribution is 5.78. The van der Waals surface area contributed by atoms with Crippen LogP contribution in [0.2, 0.25) is 0 Å². The van der Waals surface area contributed by atoms with Gasteiger partial charge in [0.05, 0.1) is 6.61 Å². The van der Waals surface area contributed by atoms with Crippen LogP contribution in [0.1, 0.15) is 0 Å². The molecule has 0 aliphatic carbocycles. The van der Waals surface area contributed by atoms with Gasteiger partial charge in [-0.1, -0.05) is 0 Å². The van der Waals surface area contributed by atoms with Crippen molar-refractivity contribution in [3.8, 4) is 0 Å². The first kappa shape index (κ1) is 6.39. The lowest BCUT2D eigenvalue weighted by atomic mass is 10.4. The number of rotatable bonds is 2. The van der Waals surface area contributed by atoms with Gasteiger partial charge in [-0.05, 0) is 0 Å². The zero-order valence-corrected chi connectivity index (χ0v) is 3.63. The molecule has 0 aromatic carbocycles. The van der Waals surface area contributed by atoms with Crippen LogP contribution in [0.15, 0.2) is 0 Å². The van der Waals surface area contributed by atoms with Gasteiger partial charge >= 0.3 is 0 Å². The van der Waals surface area contributed by atoms with E-state index in [2.05, 4.69) is 5.73 Å². The average Bonchev–Trinajstić information content (AvgIpc) is 1.65. The number of amides is 1. The van der Waals surface area contributed by atoms with Gasteiger partial charge in [-0.2, -0.15) is 0 Å². The third kappa shape index (κ3) is 2.13. The molecule has 1 unspecified atom stereocenters. The van der Waals surface area contributed by atoms with E-state index in [9.17, 15) is 9.90 Å². The molecule has 41 valence electrons. The minimum Gasteiger partial charge on any atom is -0.393 e. The standard InChI is InChI=1S/C3H6NO3/c4-3(7)2(6)1-5/h2,5H,1H2,(H2,4,7). The van der Waals surface area contributed by atoms with Crippen molar-refractivity contribution in [3.05, 3.63) is 0 Å². The molecule has 0 rings (SSSR count). The summed E-state index contributed by atoms with van der Waals surface area (Å²) in [5.74, 6) is -1.01. The molecule has 1 amide bonds. The molecule has 0 aliphatic rings. The van der Waals surface area contributed by atoms with Crippen molar-refractivity contribution in [2.75, 3.05) is 6.61 Å². The Kier molecular flexibility index (Phi) is 2.32. The summed E-state index contributed by atoms with van der Waals surface area (Å²) in [6.45, 7) is -0.713. The van der Waals surface area contributed by atoms with Crippen LogP contribution >= 0.6 is 0 Å². The van der Waals surface area contributed by atoms with E-state index >= 15 is 0 Å². The fraction of sp³-hybridized carbons (Fsp3) is 0.667. The Hall–Kier alpha value is -0.610. The maximum absolute atomic E-state index is 9.87. The van der Waals surface area contributed by atoms with Crippen molar-refractivity contribution in [1.29, 1.82) is 0 Å².